The van der Waals surface area contributed by atoms with Crippen molar-refractivity contribution >= 4 is 40.6 Å². The summed E-state index contributed by atoms with van der Waals surface area (Å²) in [5, 5.41) is 1.08. The average molecular weight is 320 g/mol. The third kappa shape index (κ3) is 2.43. The van der Waals surface area contributed by atoms with E-state index in [1.165, 1.54) is 11.0 Å². The molecule has 1 aliphatic rings. The number of carbonyl (C=O) groups excluding carboxylic acids is 2. The van der Waals surface area contributed by atoms with Gasteiger partial charge in [0.2, 0.25) is 0 Å². The Hall–Kier alpha value is -1.84. The minimum atomic E-state index is -0.538. The molecule has 1 heterocycles. The van der Waals surface area contributed by atoms with Crippen molar-refractivity contribution in [1.82, 2.24) is 0 Å². The van der Waals surface area contributed by atoms with Gasteiger partial charge in [-0.15, -0.1) is 0 Å². The molecule has 0 bridgehead atoms. The van der Waals surface area contributed by atoms with Gasteiger partial charge in [0.25, 0.3) is 11.7 Å². The Kier molecular flexibility index (Phi) is 3.47. The van der Waals surface area contributed by atoms with Gasteiger partial charge in [0, 0.05) is 10.0 Å². The number of nitrogens with zero attached hydrogens (tertiary/aromatic N) is 1. The van der Waals surface area contributed by atoms with E-state index in [1.54, 1.807) is 12.1 Å². The first-order valence-corrected chi connectivity index (χ1v) is 7.14. The zero-order chi connectivity index (χ0) is 15.1. The van der Waals surface area contributed by atoms with Crippen molar-refractivity contribution in [2.75, 3.05) is 4.90 Å². The molecule has 3 rings (SSSR count). The van der Waals surface area contributed by atoms with Gasteiger partial charge in [0.15, 0.2) is 0 Å². The summed E-state index contributed by atoms with van der Waals surface area (Å²) < 4.78 is 0. The molecule has 1 aliphatic heterocycles. The number of hydrogen-bond donors (Lipinski definition) is 0. The first-order chi connectivity index (χ1) is 9.97. The van der Waals surface area contributed by atoms with Crippen LogP contribution in [0.15, 0.2) is 36.4 Å². The van der Waals surface area contributed by atoms with E-state index in [2.05, 4.69) is 0 Å². The largest absolute Gasteiger partial charge is 0.300 e. The van der Waals surface area contributed by atoms with Crippen LogP contribution in [-0.4, -0.2) is 11.7 Å². The molecule has 2 aromatic rings. The molecule has 21 heavy (non-hydrogen) atoms. The van der Waals surface area contributed by atoms with E-state index in [0.29, 0.717) is 27.8 Å². The minimum absolute atomic E-state index is 0.305. The summed E-state index contributed by atoms with van der Waals surface area (Å²) in [5.74, 6) is -1.06. The topological polar surface area (TPSA) is 37.4 Å². The van der Waals surface area contributed by atoms with Gasteiger partial charge in [-0.05, 0) is 42.3 Å². The van der Waals surface area contributed by atoms with Crippen LogP contribution in [-0.2, 0) is 11.3 Å². The fourth-order valence-corrected chi connectivity index (χ4v) is 2.72. The lowest BCUT2D eigenvalue weighted by Crippen LogP contribution is -2.29. The third-order valence-corrected chi connectivity index (χ3v) is 4.15. The molecule has 3 nitrogen and oxygen atoms in total. The summed E-state index contributed by atoms with van der Waals surface area (Å²) in [6.45, 7) is 2.22. The maximum Gasteiger partial charge on any atom is 0.299 e. The number of fused-ring (bicyclic) bond motifs is 1. The first kappa shape index (κ1) is 14.1. The van der Waals surface area contributed by atoms with E-state index < -0.39 is 11.7 Å². The maximum atomic E-state index is 12.1. The van der Waals surface area contributed by atoms with Crippen LogP contribution in [0.3, 0.4) is 0 Å². The number of ketones is 1. The van der Waals surface area contributed by atoms with Gasteiger partial charge in [0.1, 0.15) is 0 Å². The van der Waals surface area contributed by atoms with Crippen molar-refractivity contribution in [3.05, 3.63) is 63.1 Å². The standard InChI is InChI=1S/C16H11Cl2NO2/c1-9-2-3-10(6-13(9)18)8-19-14-5-4-11(17)7-12(14)15(20)16(19)21/h2-7H,8H2,1H3. The fourth-order valence-electron chi connectivity index (χ4n) is 2.35. The Bertz CT molecular complexity index is 771. The molecule has 0 saturated carbocycles. The van der Waals surface area contributed by atoms with Crippen LogP contribution < -0.4 is 4.90 Å². The summed E-state index contributed by atoms with van der Waals surface area (Å²) in [5.41, 5.74) is 2.78. The highest BCUT2D eigenvalue weighted by Gasteiger charge is 2.35. The number of halogens is 2. The highest BCUT2D eigenvalue weighted by atomic mass is 35.5. The molecule has 5 heteroatoms. The van der Waals surface area contributed by atoms with Gasteiger partial charge < -0.3 is 4.90 Å². The zero-order valence-electron chi connectivity index (χ0n) is 11.2. The Balaban J connectivity index is 1.98. The van der Waals surface area contributed by atoms with Crippen LogP contribution in [0.1, 0.15) is 21.5 Å². The molecular formula is C16H11Cl2NO2. The van der Waals surface area contributed by atoms with Crippen molar-refractivity contribution in [2.45, 2.75) is 13.5 Å². The van der Waals surface area contributed by atoms with Crippen LogP contribution >= 0.6 is 23.2 Å². The summed E-state index contributed by atoms with van der Waals surface area (Å²) in [4.78, 5) is 25.6. The molecule has 106 valence electrons. The van der Waals surface area contributed by atoms with Crippen LogP contribution in [0.25, 0.3) is 0 Å². The number of rotatable bonds is 2. The molecule has 1 amide bonds. The van der Waals surface area contributed by atoms with Crippen molar-refractivity contribution in [1.29, 1.82) is 0 Å². The van der Waals surface area contributed by atoms with Crippen molar-refractivity contribution in [3.63, 3.8) is 0 Å². The molecule has 0 aliphatic carbocycles. The van der Waals surface area contributed by atoms with E-state index in [4.69, 9.17) is 23.2 Å². The van der Waals surface area contributed by atoms with Crippen molar-refractivity contribution in [3.8, 4) is 0 Å². The van der Waals surface area contributed by atoms with E-state index in [9.17, 15) is 9.59 Å². The quantitative estimate of drug-likeness (QED) is 0.784. The maximum absolute atomic E-state index is 12.1. The minimum Gasteiger partial charge on any atom is -0.300 e. The second kappa shape index (κ2) is 5.17. The normalized spacial score (nSPS) is 13.8. The van der Waals surface area contributed by atoms with Crippen LogP contribution in [0.2, 0.25) is 10.0 Å². The number of anilines is 1. The average Bonchev–Trinajstić information content (AvgIpc) is 2.68. The summed E-state index contributed by atoms with van der Waals surface area (Å²) in [6, 6.07) is 10.5. The molecule has 0 spiro atoms. The Morgan fingerprint density at radius 2 is 1.81 bits per heavy atom. The lowest BCUT2D eigenvalue weighted by atomic mass is 10.1. The molecule has 0 aromatic heterocycles. The number of hydrogen-bond acceptors (Lipinski definition) is 2. The second-order valence-electron chi connectivity index (χ2n) is 4.97. The van der Waals surface area contributed by atoms with Gasteiger partial charge in [-0.25, -0.2) is 0 Å². The predicted molar refractivity (Wildman–Crippen MR) is 83.2 cm³/mol. The molecule has 0 N–H and O–H groups in total. The Morgan fingerprint density at radius 1 is 1.05 bits per heavy atom. The predicted octanol–water partition coefficient (Wildman–Crippen LogP) is 4.03. The molecule has 0 radical (unpaired) electrons. The number of Topliss-reactive ketones (excluding diaryl/α,β-unsaturated/α-hetero) is 1. The Labute approximate surface area is 132 Å². The second-order valence-corrected chi connectivity index (χ2v) is 5.81. The summed E-state index contributed by atoms with van der Waals surface area (Å²) in [6.07, 6.45) is 0. The van der Waals surface area contributed by atoms with Gasteiger partial charge in [-0.3, -0.25) is 9.59 Å². The molecule has 0 atom stereocenters. The number of amides is 1. The molecular weight excluding hydrogens is 309 g/mol. The third-order valence-electron chi connectivity index (χ3n) is 3.51. The van der Waals surface area contributed by atoms with E-state index in [-0.39, 0.29) is 0 Å². The molecule has 0 fully saturated rings. The van der Waals surface area contributed by atoms with Crippen molar-refractivity contribution < 1.29 is 9.59 Å². The fraction of sp³-hybridized carbons (Fsp3) is 0.125. The lowest BCUT2D eigenvalue weighted by molar-refractivity contribution is -0.114. The highest BCUT2D eigenvalue weighted by Crippen LogP contribution is 2.32. The summed E-state index contributed by atoms with van der Waals surface area (Å²) >= 11 is 12.0. The van der Waals surface area contributed by atoms with Gasteiger partial charge >= 0.3 is 0 Å². The molecule has 0 unspecified atom stereocenters. The zero-order valence-corrected chi connectivity index (χ0v) is 12.7. The number of aryl methyl sites for hydroxylation is 1. The molecule has 0 saturated heterocycles. The van der Waals surface area contributed by atoms with Gasteiger partial charge in [-0.2, -0.15) is 0 Å². The van der Waals surface area contributed by atoms with E-state index >= 15 is 0 Å². The van der Waals surface area contributed by atoms with Crippen molar-refractivity contribution in [2.24, 2.45) is 0 Å². The first-order valence-electron chi connectivity index (χ1n) is 6.38. The van der Waals surface area contributed by atoms with E-state index in [0.717, 1.165) is 11.1 Å². The van der Waals surface area contributed by atoms with Crippen LogP contribution in [0, 0.1) is 6.92 Å². The monoisotopic (exact) mass is 319 g/mol. The van der Waals surface area contributed by atoms with Crippen LogP contribution in [0.4, 0.5) is 5.69 Å². The van der Waals surface area contributed by atoms with Gasteiger partial charge in [0.05, 0.1) is 17.8 Å². The highest BCUT2D eigenvalue weighted by molar-refractivity contribution is 6.52. The van der Waals surface area contributed by atoms with Gasteiger partial charge in [-0.1, -0.05) is 35.3 Å². The lowest BCUT2D eigenvalue weighted by Gasteiger charge is -2.17. The van der Waals surface area contributed by atoms with Crippen LogP contribution in [0.5, 0.6) is 0 Å². The summed E-state index contributed by atoms with van der Waals surface area (Å²) in [7, 11) is 0. The Morgan fingerprint density at radius 3 is 2.52 bits per heavy atom. The van der Waals surface area contributed by atoms with E-state index in [1.807, 2.05) is 25.1 Å². The smallest absolute Gasteiger partial charge is 0.299 e. The molecule has 2 aromatic carbocycles. The number of carbonyl (C=O) groups is 2. The number of benzene rings is 2. The SMILES string of the molecule is Cc1ccc(CN2C(=O)C(=O)c3cc(Cl)ccc32)cc1Cl.